The van der Waals surface area contributed by atoms with Crippen molar-refractivity contribution < 1.29 is 0 Å². The van der Waals surface area contributed by atoms with Gasteiger partial charge in [0.1, 0.15) is 0 Å². The van der Waals surface area contributed by atoms with Crippen LogP contribution in [0, 0.1) is 5.92 Å². The second kappa shape index (κ2) is 6.44. The summed E-state index contributed by atoms with van der Waals surface area (Å²) in [5.41, 5.74) is 1.72. The lowest BCUT2D eigenvalue weighted by molar-refractivity contribution is 0.357. The Labute approximate surface area is 101 Å². The fourth-order valence-electron chi connectivity index (χ4n) is 3.51. The third-order valence-electron chi connectivity index (χ3n) is 4.41. The SMILES string of the molecule is CNC(C1=CCCCC1)C1CCCCCC1. The van der Waals surface area contributed by atoms with Gasteiger partial charge in [0.05, 0.1) is 0 Å². The van der Waals surface area contributed by atoms with Crippen molar-refractivity contribution in [1.29, 1.82) is 0 Å². The second-order valence-corrected chi connectivity index (χ2v) is 5.54. The van der Waals surface area contributed by atoms with Crippen LogP contribution in [0.3, 0.4) is 0 Å². The molecule has 0 aromatic rings. The first-order valence-corrected chi connectivity index (χ1v) is 7.28. The van der Waals surface area contributed by atoms with E-state index in [4.69, 9.17) is 0 Å². The van der Waals surface area contributed by atoms with Gasteiger partial charge in [0.15, 0.2) is 0 Å². The van der Waals surface area contributed by atoms with E-state index in [2.05, 4.69) is 18.4 Å². The molecule has 2 rings (SSSR count). The minimum Gasteiger partial charge on any atom is -0.313 e. The largest absolute Gasteiger partial charge is 0.313 e. The molecule has 92 valence electrons. The normalized spacial score (nSPS) is 25.9. The summed E-state index contributed by atoms with van der Waals surface area (Å²) in [5.74, 6) is 0.914. The maximum Gasteiger partial charge on any atom is 0.0305 e. The van der Waals surface area contributed by atoms with E-state index in [0.717, 1.165) is 5.92 Å². The molecule has 1 saturated carbocycles. The van der Waals surface area contributed by atoms with Gasteiger partial charge in [0, 0.05) is 6.04 Å². The van der Waals surface area contributed by atoms with Crippen LogP contribution in [-0.2, 0) is 0 Å². The van der Waals surface area contributed by atoms with Gasteiger partial charge in [-0.15, -0.1) is 0 Å². The van der Waals surface area contributed by atoms with Crippen molar-refractivity contribution in [2.24, 2.45) is 5.92 Å². The molecule has 2 aliphatic rings. The van der Waals surface area contributed by atoms with Crippen molar-refractivity contribution in [1.82, 2.24) is 5.32 Å². The van der Waals surface area contributed by atoms with Gasteiger partial charge in [-0.1, -0.05) is 37.3 Å². The van der Waals surface area contributed by atoms with Crippen molar-refractivity contribution in [3.63, 3.8) is 0 Å². The molecule has 0 heterocycles. The fourth-order valence-corrected chi connectivity index (χ4v) is 3.51. The van der Waals surface area contributed by atoms with Crippen molar-refractivity contribution in [3.8, 4) is 0 Å². The highest BCUT2D eigenvalue weighted by Crippen LogP contribution is 2.31. The van der Waals surface area contributed by atoms with Crippen molar-refractivity contribution in [2.75, 3.05) is 7.05 Å². The Morgan fingerprint density at radius 2 is 1.81 bits per heavy atom. The van der Waals surface area contributed by atoms with E-state index in [1.54, 1.807) is 5.57 Å². The van der Waals surface area contributed by atoms with Crippen LogP contribution in [0.5, 0.6) is 0 Å². The minimum atomic E-state index is 0.693. The van der Waals surface area contributed by atoms with Gasteiger partial charge in [0.25, 0.3) is 0 Å². The van der Waals surface area contributed by atoms with E-state index in [1.165, 1.54) is 64.2 Å². The summed E-state index contributed by atoms with van der Waals surface area (Å²) in [5, 5.41) is 3.60. The number of hydrogen-bond donors (Lipinski definition) is 1. The molecule has 2 aliphatic carbocycles. The third-order valence-corrected chi connectivity index (χ3v) is 4.41. The van der Waals surface area contributed by atoms with Crippen LogP contribution >= 0.6 is 0 Å². The van der Waals surface area contributed by atoms with Crippen LogP contribution in [0.2, 0.25) is 0 Å². The number of rotatable bonds is 3. The van der Waals surface area contributed by atoms with Gasteiger partial charge in [-0.3, -0.25) is 0 Å². The lowest BCUT2D eigenvalue weighted by Crippen LogP contribution is -2.35. The Hall–Kier alpha value is -0.300. The van der Waals surface area contributed by atoms with Gasteiger partial charge < -0.3 is 5.32 Å². The van der Waals surface area contributed by atoms with Gasteiger partial charge in [0.2, 0.25) is 0 Å². The lowest BCUT2D eigenvalue weighted by Gasteiger charge is -2.30. The molecule has 1 unspecified atom stereocenters. The number of allylic oxidation sites excluding steroid dienone is 1. The smallest absolute Gasteiger partial charge is 0.0305 e. The van der Waals surface area contributed by atoms with Gasteiger partial charge in [-0.05, 0) is 51.5 Å². The average molecular weight is 221 g/mol. The van der Waals surface area contributed by atoms with Gasteiger partial charge in [-0.2, -0.15) is 0 Å². The van der Waals surface area contributed by atoms with E-state index in [9.17, 15) is 0 Å². The van der Waals surface area contributed by atoms with E-state index in [1.807, 2.05) is 0 Å². The zero-order valence-electron chi connectivity index (χ0n) is 10.8. The van der Waals surface area contributed by atoms with Crippen LogP contribution in [0.1, 0.15) is 64.2 Å². The Balaban J connectivity index is 1.99. The molecule has 16 heavy (non-hydrogen) atoms. The highest BCUT2D eigenvalue weighted by molar-refractivity contribution is 5.14. The third kappa shape index (κ3) is 3.10. The number of nitrogens with one attached hydrogen (secondary N) is 1. The number of likely N-dealkylation sites (N-methyl/N-ethyl adjacent to an activating group) is 1. The first-order valence-electron chi connectivity index (χ1n) is 7.28. The zero-order valence-corrected chi connectivity index (χ0v) is 10.8. The predicted molar refractivity (Wildman–Crippen MR) is 70.6 cm³/mol. The van der Waals surface area contributed by atoms with Crippen LogP contribution in [-0.4, -0.2) is 13.1 Å². The molecular weight excluding hydrogens is 194 g/mol. The molecule has 1 heteroatoms. The quantitative estimate of drug-likeness (QED) is 0.560. The molecule has 1 fully saturated rings. The van der Waals surface area contributed by atoms with Crippen LogP contribution in [0.15, 0.2) is 11.6 Å². The molecule has 0 saturated heterocycles. The molecule has 0 aliphatic heterocycles. The maximum absolute atomic E-state index is 3.60. The summed E-state index contributed by atoms with van der Waals surface area (Å²) >= 11 is 0. The lowest BCUT2D eigenvalue weighted by atomic mass is 9.83. The minimum absolute atomic E-state index is 0.693. The summed E-state index contributed by atoms with van der Waals surface area (Å²) in [4.78, 5) is 0. The standard InChI is InChI=1S/C15H27N/c1-16-15(14-11-7-4-8-12-14)13-9-5-2-3-6-10-13/h11,13,15-16H,2-10,12H2,1H3. The molecule has 1 nitrogen and oxygen atoms in total. The van der Waals surface area contributed by atoms with Crippen molar-refractivity contribution in [2.45, 2.75) is 70.3 Å². The molecule has 1 atom stereocenters. The molecular formula is C15H27N. The Kier molecular flexibility index (Phi) is 4.90. The summed E-state index contributed by atoms with van der Waals surface area (Å²) in [6.07, 6.45) is 16.7. The first-order chi connectivity index (χ1) is 7.92. The summed E-state index contributed by atoms with van der Waals surface area (Å²) in [6.45, 7) is 0. The number of hydrogen-bond acceptors (Lipinski definition) is 1. The Morgan fingerprint density at radius 3 is 2.38 bits per heavy atom. The van der Waals surface area contributed by atoms with Crippen molar-refractivity contribution in [3.05, 3.63) is 11.6 Å². The van der Waals surface area contributed by atoms with Crippen LogP contribution < -0.4 is 5.32 Å². The monoisotopic (exact) mass is 221 g/mol. The first kappa shape index (κ1) is 12.2. The molecule has 0 spiro atoms. The van der Waals surface area contributed by atoms with E-state index >= 15 is 0 Å². The van der Waals surface area contributed by atoms with E-state index in [0.29, 0.717) is 6.04 Å². The molecule has 1 N–H and O–H groups in total. The molecule has 0 bridgehead atoms. The topological polar surface area (TPSA) is 12.0 Å². The van der Waals surface area contributed by atoms with E-state index in [-0.39, 0.29) is 0 Å². The van der Waals surface area contributed by atoms with E-state index < -0.39 is 0 Å². The highest BCUT2D eigenvalue weighted by atomic mass is 14.9. The summed E-state index contributed by atoms with van der Waals surface area (Å²) in [6, 6.07) is 0.693. The molecule has 0 radical (unpaired) electrons. The zero-order chi connectivity index (χ0) is 11.2. The Morgan fingerprint density at radius 1 is 1.06 bits per heavy atom. The van der Waals surface area contributed by atoms with Gasteiger partial charge in [-0.25, -0.2) is 0 Å². The van der Waals surface area contributed by atoms with Gasteiger partial charge >= 0.3 is 0 Å². The molecule has 0 aromatic carbocycles. The fraction of sp³-hybridized carbons (Fsp3) is 0.867. The Bertz CT molecular complexity index is 224. The predicted octanol–water partition coefficient (Wildman–Crippen LogP) is 4.05. The maximum atomic E-state index is 3.60. The van der Waals surface area contributed by atoms with Crippen LogP contribution in [0.4, 0.5) is 0 Å². The summed E-state index contributed by atoms with van der Waals surface area (Å²) < 4.78 is 0. The highest BCUT2D eigenvalue weighted by Gasteiger charge is 2.24. The average Bonchev–Trinajstić information content (AvgIpc) is 2.61. The van der Waals surface area contributed by atoms with Crippen LogP contribution in [0.25, 0.3) is 0 Å². The summed E-state index contributed by atoms with van der Waals surface area (Å²) in [7, 11) is 2.16. The molecule has 0 aromatic heterocycles. The van der Waals surface area contributed by atoms with Crippen molar-refractivity contribution >= 4 is 0 Å². The second-order valence-electron chi connectivity index (χ2n) is 5.54. The molecule has 0 amide bonds.